The molecule has 2 N–H and O–H groups in total. The molecule has 0 aromatic carbocycles. The lowest BCUT2D eigenvalue weighted by molar-refractivity contribution is -0.0786. The summed E-state index contributed by atoms with van der Waals surface area (Å²) in [6.45, 7) is 6.22. The number of nitrogens with zero attached hydrogens (tertiary/aromatic N) is 1. The predicted molar refractivity (Wildman–Crippen MR) is 75.6 cm³/mol. The monoisotopic (exact) mass is 254 g/mol. The van der Waals surface area contributed by atoms with E-state index < -0.39 is 0 Å². The smallest absolute Gasteiger partial charge is 0.0565 e. The highest BCUT2D eigenvalue weighted by Crippen LogP contribution is 2.36. The lowest BCUT2D eigenvalue weighted by atomic mass is 9.79. The molecule has 1 saturated carbocycles. The number of rotatable bonds is 3. The van der Waals surface area contributed by atoms with Crippen LogP contribution in [0.4, 0.5) is 0 Å². The predicted octanol–water partition coefficient (Wildman–Crippen LogP) is 2.39. The number of hydrogen-bond donors (Lipinski definition) is 1. The zero-order valence-electron chi connectivity index (χ0n) is 12.3. The lowest BCUT2D eigenvalue weighted by Gasteiger charge is -2.51. The molecule has 0 aromatic rings. The molecule has 0 spiro atoms. The highest BCUT2D eigenvalue weighted by atomic mass is 16.5. The second-order valence-electron chi connectivity index (χ2n) is 6.50. The van der Waals surface area contributed by atoms with E-state index in [0.717, 1.165) is 31.9 Å². The van der Waals surface area contributed by atoms with Gasteiger partial charge in [-0.05, 0) is 45.6 Å². The summed E-state index contributed by atoms with van der Waals surface area (Å²) in [5, 5.41) is 0. The van der Waals surface area contributed by atoms with E-state index in [2.05, 4.69) is 25.8 Å². The first kappa shape index (κ1) is 14.3. The second-order valence-corrected chi connectivity index (χ2v) is 6.50. The van der Waals surface area contributed by atoms with Gasteiger partial charge in [-0.2, -0.15) is 0 Å². The van der Waals surface area contributed by atoms with Crippen LogP contribution in [0.5, 0.6) is 0 Å². The molecule has 0 radical (unpaired) electrons. The molecule has 4 unspecified atom stereocenters. The first-order chi connectivity index (χ1) is 8.59. The summed E-state index contributed by atoms with van der Waals surface area (Å²) in [5.74, 6) is 0.810. The molecule has 0 amide bonds. The third-order valence-corrected chi connectivity index (χ3v) is 5.33. The van der Waals surface area contributed by atoms with Gasteiger partial charge in [0.1, 0.15) is 0 Å². The Kier molecular flexibility index (Phi) is 4.68. The Morgan fingerprint density at radius 3 is 2.61 bits per heavy atom. The third kappa shape index (κ3) is 2.73. The van der Waals surface area contributed by atoms with Gasteiger partial charge >= 0.3 is 0 Å². The highest BCUT2D eigenvalue weighted by Gasteiger charge is 2.42. The van der Waals surface area contributed by atoms with E-state index >= 15 is 0 Å². The largest absolute Gasteiger partial charge is 0.378 e. The summed E-state index contributed by atoms with van der Waals surface area (Å²) < 4.78 is 5.72. The van der Waals surface area contributed by atoms with Gasteiger partial charge in [-0.3, -0.25) is 4.90 Å². The van der Waals surface area contributed by atoms with Crippen LogP contribution in [0.2, 0.25) is 0 Å². The molecule has 0 bridgehead atoms. The highest BCUT2D eigenvalue weighted by molar-refractivity contribution is 4.98. The first-order valence-electron chi connectivity index (χ1n) is 7.64. The van der Waals surface area contributed by atoms with Gasteiger partial charge in [0.05, 0.1) is 6.10 Å². The van der Waals surface area contributed by atoms with E-state index in [4.69, 9.17) is 10.5 Å². The van der Waals surface area contributed by atoms with Crippen LogP contribution in [0.25, 0.3) is 0 Å². The lowest BCUT2D eigenvalue weighted by Crippen LogP contribution is -2.61. The Balaban J connectivity index is 2.10. The molecule has 2 fully saturated rings. The second kappa shape index (κ2) is 5.89. The maximum absolute atomic E-state index is 6.16. The number of hydrogen-bond acceptors (Lipinski definition) is 3. The maximum Gasteiger partial charge on any atom is 0.0565 e. The van der Waals surface area contributed by atoms with Crippen molar-refractivity contribution in [2.75, 3.05) is 20.2 Å². The van der Waals surface area contributed by atoms with Gasteiger partial charge in [0, 0.05) is 24.7 Å². The molecule has 1 saturated heterocycles. The summed E-state index contributed by atoms with van der Waals surface area (Å²) in [6.07, 6.45) is 8.03. The number of likely N-dealkylation sites (N-methyl/N-ethyl adjacent to an activating group) is 1. The minimum absolute atomic E-state index is 0.175. The van der Waals surface area contributed by atoms with Gasteiger partial charge < -0.3 is 10.5 Å². The van der Waals surface area contributed by atoms with Crippen LogP contribution < -0.4 is 5.73 Å². The van der Waals surface area contributed by atoms with E-state index in [9.17, 15) is 0 Å². The van der Waals surface area contributed by atoms with Crippen molar-refractivity contribution in [2.24, 2.45) is 11.7 Å². The molecule has 4 atom stereocenters. The summed E-state index contributed by atoms with van der Waals surface area (Å²) in [4.78, 5) is 2.62. The fraction of sp³-hybridized carbons (Fsp3) is 1.00. The summed E-state index contributed by atoms with van der Waals surface area (Å²) >= 11 is 0. The Labute approximate surface area is 112 Å². The SMILES string of the molecule is CC1CC(CN)(N(C)C2CCCCC2C)CCO1. The molecule has 3 nitrogen and oxygen atoms in total. The van der Waals surface area contributed by atoms with E-state index in [1.54, 1.807) is 0 Å². The normalized spacial score (nSPS) is 42.2. The molecule has 2 rings (SSSR count). The molecule has 1 aliphatic heterocycles. The maximum atomic E-state index is 6.16. The van der Waals surface area contributed by atoms with Crippen molar-refractivity contribution in [1.29, 1.82) is 0 Å². The molecule has 1 heterocycles. The van der Waals surface area contributed by atoms with Crippen LogP contribution in [0, 0.1) is 5.92 Å². The van der Waals surface area contributed by atoms with Gasteiger partial charge in [-0.1, -0.05) is 19.8 Å². The van der Waals surface area contributed by atoms with Crippen molar-refractivity contribution >= 4 is 0 Å². The third-order valence-electron chi connectivity index (χ3n) is 5.33. The average molecular weight is 254 g/mol. The zero-order chi connectivity index (χ0) is 13.2. The van der Waals surface area contributed by atoms with E-state index in [0.29, 0.717) is 12.1 Å². The Hall–Kier alpha value is -0.120. The van der Waals surface area contributed by atoms with Gasteiger partial charge in [0.25, 0.3) is 0 Å². The van der Waals surface area contributed by atoms with Crippen LogP contribution >= 0.6 is 0 Å². The minimum atomic E-state index is 0.175. The van der Waals surface area contributed by atoms with Gasteiger partial charge in [0.2, 0.25) is 0 Å². The van der Waals surface area contributed by atoms with Crippen molar-refractivity contribution in [3.8, 4) is 0 Å². The van der Waals surface area contributed by atoms with Crippen LogP contribution in [0.1, 0.15) is 52.4 Å². The fourth-order valence-electron chi connectivity index (χ4n) is 4.02. The number of ether oxygens (including phenoxy) is 1. The molecule has 0 aromatic heterocycles. The van der Waals surface area contributed by atoms with Crippen LogP contribution in [0.3, 0.4) is 0 Å². The average Bonchev–Trinajstić information content (AvgIpc) is 2.38. The van der Waals surface area contributed by atoms with Crippen molar-refractivity contribution in [3.63, 3.8) is 0 Å². The van der Waals surface area contributed by atoms with Gasteiger partial charge in [-0.25, -0.2) is 0 Å². The Bertz CT molecular complexity index is 271. The molecule has 2 aliphatic rings. The Morgan fingerprint density at radius 1 is 1.28 bits per heavy atom. The summed E-state index contributed by atoms with van der Waals surface area (Å²) in [5.41, 5.74) is 6.33. The van der Waals surface area contributed by atoms with E-state index in [1.165, 1.54) is 25.7 Å². The van der Waals surface area contributed by atoms with E-state index in [-0.39, 0.29) is 5.54 Å². The first-order valence-corrected chi connectivity index (χ1v) is 7.64. The standard InChI is InChI=1S/C15H30N2O/c1-12-6-4-5-7-14(12)17(3)15(11-16)8-9-18-13(2)10-15/h12-14H,4-11,16H2,1-3H3. The molecule has 3 heteroatoms. The zero-order valence-corrected chi connectivity index (χ0v) is 12.3. The summed E-state index contributed by atoms with van der Waals surface area (Å²) in [7, 11) is 2.30. The van der Waals surface area contributed by atoms with Crippen molar-refractivity contribution < 1.29 is 4.74 Å². The fourth-order valence-corrected chi connectivity index (χ4v) is 4.02. The Morgan fingerprint density at radius 2 is 2.00 bits per heavy atom. The van der Waals surface area contributed by atoms with Crippen molar-refractivity contribution in [3.05, 3.63) is 0 Å². The quantitative estimate of drug-likeness (QED) is 0.840. The topological polar surface area (TPSA) is 38.5 Å². The molecule has 106 valence electrons. The van der Waals surface area contributed by atoms with Crippen LogP contribution in [-0.4, -0.2) is 42.8 Å². The van der Waals surface area contributed by atoms with Crippen LogP contribution in [0.15, 0.2) is 0 Å². The molecule has 1 aliphatic carbocycles. The molecular formula is C15H30N2O. The van der Waals surface area contributed by atoms with Gasteiger partial charge in [-0.15, -0.1) is 0 Å². The minimum Gasteiger partial charge on any atom is -0.378 e. The summed E-state index contributed by atoms with van der Waals surface area (Å²) in [6, 6.07) is 0.715. The number of nitrogens with two attached hydrogens (primary N) is 1. The molecule has 18 heavy (non-hydrogen) atoms. The van der Waals surface area contributed by atoms with Crippen LogP contribution in [-0.2, 0) is 4.74 Å². The van der Waals surface area contributed by atoms with Crippen molar-refractivity contribution in [1.82, 2.24) is 4.90 Å². The van der Waals surface area contributed by atoms with Crippen molar-refractivity contribution in [2.45, 2.75) is 70.1 Å². The van der Waals surface area contributed by atoms with Gasteiger partial charge in [0.15, 0.2) is 0 Å². The molecular weight excluding hydrogens is 224 g/mol. The van der Waals surface area contributed by atoms with E-state index in [1.807, 2.05) is 0 Å².